The van der Waals surface area contributed by atoms with Crippen LogP contribution in [0.4, 0.5) is 0 Å². The molecular formula is C15H21NO4. The van der Waals surface area contributed by atoms with Crippen LogP contribution in [0.25, 0.3) is 0 Å². The number of aliphatic hydroxyl groups excluding tert-OH is 1. The minimum absolute atomic E-state index is 0.0721. The van der Waals surface area contributed by atoms with E-state index in [1.807, 2.05) is 20.8 Å². The zero-order valence-electron chi connectivity index (χ0n) is 12.1. The number of hydrogen-bond donors (Lipinski definition) is 2. The Kier molecular flexibility index (Phi) is 5.85. The van der Waals surface area contributed by atoms with Gasteiger partial charge in [0.1, 0.15) is 19.0 Å². The van der Waals surface area contributed by atoms with Gasteiger partial charge in [-0.2, -0.15) is 0 Å². The van der Waals surface area contributed by atoms with Gasteiger partial charge in [-0.1, -0.05) is 12.1 Å². The van der Waals surface area contributed by atoms with Crippen molar-refractivity contribution in [1.82, 2.24) is 5.32 Å². The van der Waals surface area contributed by atoms with E-state index >= 15 is 0 Å². The maximum Gasteiger partial charge on any atom is 0.338 e. The first-order valence-corrected chi connectivity index (χ1v) is 6.47. The number of carbonyl (C=O) groups is 2. The minimum atomic E-state index is -0.757. The molecule has 1 aromatic rings. The highest BCUT2D eigenvalue weighted by Crippen LogP contribution is 2.05. The Hall–Kier alpha value is -1.72. The Morgan fingerprint density at radius 3 is 2.45 bits per heavy atom. The van der Waals surface area contributed by atoms with E-state index in [4.69, 9.17) is 4.74 Å². The van der Waals surface area contributed by atoms with Crippen molar-refractivity contribution >= 4 is 12.3 Å². The normalized spacial score (nSPS) is 12.8. The fourth-order valence-corrected chi connectivity index (χ4v) is 1.44. The van der Waals surface area contributed by atoms with Crippen LogP contribution < -0.4 is 5.32 Å². The van der Waals surface area contributed by atoms with Gasteiger partial charge in [-0.3, -0.25) is 4.79 Å². The maximum atomic E-state index is 11.7. The van der Waals surface area contributed by atoms with Crippen molar-refractivity contribution in [3.05, 3.63) is 35.4 Å². The van der Waals surface area contributed by atoms with Gasteiger partial charge in [-0.25, -0.2) is 4.79 Å². The molecule has 5 nitrogen and oxygen atoms in total. The van der Waals surface area contributed by atoms with Crippen molar-refractivity contribution < 1.29 is 19.4 Å². The highest BCUT2D eigenvalue weighted by atomic mass is 16.5. The van der Waals surface area contributed by atoms with E-state index < -0.39 is 12.1 Å². The molecule has 110 valence electrons. The molecule has 0 heterocycles. The van der Waals surface area contributed by atoms with E-state index in [1.54, 1.807) is 12.1 Å². The molecule has 0 unspecified atom stereocenters. The van der Waals surface area contributed by atoms with Crippen LogP contribution >= 0.6 is 0 Å². The highest BCUT2D eigenvalue weighted by Gasteiger charge is 2.14. The summed E-state index contributed by atoms with van der Waals surface area (Å²) in [5.74, 6) is -0.516. The summed E-state index contributed by atoms with van der Waals surface area (Å²) >= 11 is 0. The van der Waals surface area contributed by atoms with Crippen LogP contribution in [-0.4, -0.2) is 42.2 Å². The third-order valence-electron chi connectivity index (χ3n) is 2.56. The van der Waals surface area contributed by atoms with E-state index in [2.05, 4.69) is 5.32 Å². The second kappa shape index (κ2) is 7.17. The number of esters is 1. The number of β-amino-alcohol motifs (C(OH)–C–C–N with tert-alkyl or cyclic N) is 1. The molecule has 0 aliphatic carbocycles. The summed E-state index contributed by atoms with van der Waals surface area (Å²) in [6, 6.07) is 6.13. The molecule has 1 atom stereocenters. The molecule has 1 rings (SSSR count). The Bertz CT molecular complexity index is 448. The van der Waals surface area contributed by atoms with Crippen LogP contribution in [0, 0.1) is 0 Å². The second-order valence-corrected chi connectivity index (χ2v) is 5.62. The molecule has 0 amide bonds. The predicted molar refractivity (Wildman–Crippen MR) is 75.9 cm³/mol. The fourth-order valence-electron chi connectivity index (χ4n) is 1.44. The standard InChI is InChI=1S/C15H21NO4/c1-15(2,3)16-8-13(18)10-20-14(19)12-6-4-11(9-17)5-7-12/h4-7,9,13,16,18H,8,10H2,1-3H3/t13-/m0/s1. The Balaban J connectivity index is 2.40. The molecule has 0 aliphatic heterocycles. The van der Waals surface area contributed by atoms with Gasteiger partial charge in [0.25, 0.3) is 0 Å². The summed E-state index contributed by atoms with van der Waals surface area (Å²) in [6.45, 7) is 6.24. The molecule has 5 heteroatoms. The van der Waals surface area contributed by atoms with Crippen molar-refractivity contribution in [3.63, 3.8) is 0 Å². The van der Waals surface area contributed by atoms with E-state index in [1.165, 1.54) is 12.1 Å². The molecule has 0 radical (unpaired) electrons. The van der Waals surface area contributed by atoms with E-state index in [0.29, 0.717) is 24.0 Å². The zero-order chi connectivity index (χ0) is 15.2. The van der Waals surface area contributed by atoms with Gasteiger partial charge in [0.05, 0.1) is 5.56 Å². The summed E-state index contributed by atoms with van der Waals surface area (Å²) in [5, 5.41) is 12.8. The zero-order valence-corrected chi connectivity index (χ0v) is 12.1. The molecule has 0 fully saturated rings. The van der Waals surface area contributed by atoms with Crippen LogP contribution in [0.5, 0.6) is 0 Å². The van der Waals surface area contributed by atoms with E-state index in [0.717, 1.165) is 0 Å². The number of benzene rings is 1. The summed E-state index contributed by atoms with van der Waals surface area (Å²) in [5.41, 5.74) is 0.748. The van der Waals surface area contributed by atoms with Crippen LogP contribution in [0.1, 0.15) is 41.5 Å². The predicted octanol–water partition coefficient (Wildman–Crippen LogP) is 1.40. The number of aliphatic hydroxyl groups is 1. The van der Waals surface area contributed by atoms with Gasteiger partial charge in [-0.05, 0) is 32.9 Å². The van der Waals surface area contributed by atoms with Gasteiger partial charge in [-0.15, -0.1) is 0 Å². The fraction of sp³-hybridized carbons (Fsp3) is 0.467. The largest absolute Gasteiger partial charge is 0.459 e. The molecule has 0 spiro atoms. The number of nitrogens with one attached hydrogen (secondary N) is 1. The molecule has 0 saturated carbocycles. The third-order valence-corrected chi connectivity index (χ3v) is 2.56. The second-order valence-electron chi connectivity index (χ2n) is 5.62. The lowest BCUT2D eigenvalue weighted by Crippen LogP contribution is -2.42. The summed E-state index contributed by atoms with van der Waals surface area (Å²) in [7, 11) is 0. The monoisotopic (exact) mass is 279 g/mol. The number of aldehydes is 1. The Morgan fingerprint density at radius 2 is 1.95 bits per heavy atom. The first-order valence-electron chi connectivity index (χ1n) is 6.47. The Labute approximate surface area is 118 Å². The van der Waals surface area contributed by atoms with E-state index in [-0.39, 0.29) is 12.1 Å². The van der Waals surface area contributed by atoms with Crippen molar-refractivity contribution in [1.29, 1.82) is 0 Å². The van der Waals surface area contributed by atoms with Gasteiger partial charge in [0, 0.05) is 17.6 Å². The smallest absolute Gasteiger partial charge is 0.338 e. The molecule has 0 saturated heterocycles. The lowest BCUT2D eigenvalue weighted by atomic mass is 10.1. The lowest BCUT2D eigenvalue weighted by molar-refractivity contribution is 0.0247. The van der Waals surface area contributed by atoms with Crippen molar-refractivity contribution in [3.8, 4) is 0 Å². The Morgan fingerprint density at radius 1 is 1.35 bits per heavy atom. The van der Waals surface area contributed by atoms with Gasteiger partial charge in [0.2, 0.25) is 0 Å². The molecule has 1 aromatic carbocycles. The van der Waals surface area contributed by atoms with Crippen molar-refractivity contribution in [2.75, 3.05) is 13.2 Å². The molecule has 20 heavy (non-hydrogen) atoms. The topological polar surface area (TPSA) is 75.6 Å². The first-order chi connectivity index (χ1) is 9.31. The lowest BCUT2D eigenvalue weighted by Gasteiger charge is -2.22. The van der Waals surface area contributed by atoms with Crippen LogP contribution in [0.3, 0.4) is 0 Å². The van der Waals surface area contributed by atoms with Crippen molar-refractivity contribution in [2.24, 2.45) is 0 Å². The van der Waals surface area contributed by atoms with Crippen LogP contribution in [0.15, 0.2) is 24.3 Å². The van der Waals surface area contributed by atoms with Gasteiger partial charge >= 0.3 is 5.97 Å². The number of carbonyl (C=O) groups excluding carboxylic acids is 2. The number of ether oxygens (including phenoxy) is 1. The number of rotatable bonds is 6. The average Bonchev–Trinajstić information content (AvgIpc) is 2.41. The summed E-state index contributed by atoms with van der Waals surface area (Å²) in [4.78, 5) is 22.2. The quantitative estimate of drug-likeness (QED) is 0.608. The molecule has 2 N–H and O–H groups in total. The summed E-state index contributed by atoms with van der Waals surface area (Å²) in [6.07, 6.45) is -0.0516. The van der Waals surface area contributed by atoms with Crippen molar-refractivity contribution in [2.45, 2.75) is 32.4 Å². The molecule has 0 aromatic heterocycles. The minimum Gasteiger partial charge on any atom is -0.459 e. The van der Waals surface area contributed by atoms with E-state index in [9.17, 15) is 14.7 Å². The van der Waals surface area contributed by atoms with Gasteiger partial charge < -0.3 is 15.2 Å². The van der Waals surface area contributed by atoms with Gasteiger partial charge in [0.15, 0.2) is 0 Å². The van der Waals surface area contributed by atoms with Crippen LogP contribution in [-0.2, 0) is 4.74 Å². The molecule has 0 bridgehead atoms. The van der Waals surface area contributed by atoms with Crippen LogP contribution in [0.2, 0.25) is 0 Å². The molecule has 0 aliphatic rings. The first kappa shape index (κ1) is 16.3. The number of hydrogen-bond acceptors (Lipinski definition) is 5. The summed E-state index contributed by atoms with van der Waals surface area (Å²) < 4.78 is 5.01. The highest BCUT2D eigenvalue weighted by molar-refractivity contribution is 5.90. The molecular weight excluding hydrogens is 258 g/mol. The SMILES string of the molecule is CC(C)(C)NC[C@H](O)COC(=O)c1ccc(C=O)cc1. The average molecular weight is 279 g/mol. The third kappa shape index (κ3) is 5.95. The maximum absolute atomic E-state index is 11.7.